The minimum Gasteiger partial charge on any atom is -0.412 e. The summed E-state index contributed by atoms with van der Waals surface area (Å²) in [6, 6.07) is 1.41. The first-order valence-corrected chi connectivity index (χ1v) is 6.27. The van der Waals surface area contributed by atoms with Crippen LogP contribution in [0.25, 0.3) is 0 Å². The summed E-state index contributed by atoms with van der Waals surface area (Å²) in [6.07, 6.45) is 0. The van der Waals surface area contributed by atoms with Crippen molar-refractivity contribution in [2.45, 2.75) is 32.6 Å². The van der Waals surface area contributed by atoms with Crippen molar-refractivity contribution in [2.75, 3.05) is 0 Å². The van der Waals surface area contributed by atoms with Crippen molar-refractivity contribution in [2.24, 2.45) is 0 Å². The lowest BCUT2D eigenvalue weighted by Crippen LogP contribution is -2.16. The quantitative estimate of drug-likeness (QED) is 0.470. The van der Waals surface area contributed by atoms with E-state index in [0.717, 1.165) is 0 Å². The van der Waals surface area contributed by atoms with E-state index >= 15 is 0 Å². The van der Waals surface area contributed by atoms with Crippen molar-refractivity contribution < 1.29 is 5.48 Å². The van der Waals surface area contributed by atoms with Gasteiger partial charge in [-0.1, -0.05) is 32.6 Å². The van der Waals surface area contributed by atoms with E-state index in [1.165, 1.54) is 6.04 Å². The molecule has 0 aliphatic carbocycles. The summed E-state index contributed by atoms with van der Waals surface area (Å²) in [5.74, 6) is 0. The fraction of sp³-hybridized carbons (Fsp3) is 1.00. The van der Waals surface area contributed by atoms with Gasteiger partial charge in [-0.05, 0) is 0 Å². The molecule has 0 atom stereocenters. The van der Waals surface area contributed by atoms with Gasteiger partial charge in [-0.2, -0.15) is 0 Å². The van der Waals surface area contributed by atoms with Gasteiger partial charge in [-0.15, -0.1) is 0 Å². The first-order chi connectivity index (χ1) is 2.56. The molecular weight excluding hydrogens is 104 g/mol. The smallest absolute Gasteiger partial charge is 0.0439 e. The highest BCUT2D eigenvalue weighted by Gasteiger charge is 2.06. The Balaban J connectivity index is 0. The molecule has 0 aromatic heterocycles. The second kappa shape index (κ2) is 3.21. The molecule has 0 rings (SSSR count). The van der Waals surface area contributed by atoms with Gasteiger partial charge in [-0.3, -0.25) is 0 Å². The van der Waals surface area contributed by atoms with E-state index in [1.807, 2.05) is 0 Å². The Labute approximate surface area is 47.1 Å². The summed E-state index contributed by atoms with van der Waals surface area (Å²) >= 11 is 0. The number of rotatable bonds is 1. The zero-order chi connectivity index (χ0) is 5.21. The van der Waals surface area contributed by atoms with Crippen LogP contribution in [0.4, 0.5) is 0 Å². The highest BCUT2D eigenvalue weighted by Crippen LogP contribution is 2.04. The molecule has 2 N–H and O–H groups in total. The molecule has 0 aromatic rings. The summed E-state index contributed by atoms with van der Waals surface area (Å²) in [6.45, 7) is 9.42. The van der Waals surface area contributed by atoms with E-state index in [2.05, 4.69) is 26.6 Å². The topological polar surface area (TPSA) is 31.5 Å². The lowest BCUT2D eigenvalue weighted by Gasteiger charge is -2.09. The van der Waals surface area contributed by atoms with Crippen LogP contribution < -0.4 is 0 Å². The highest BCUT2D eigenvalue weighted by atomic mass is 28.3. The van der Waals surface area contributed by atoms with Gasteiger partial charge in [0.2, 0.25) is 0 Å². The van der Waals surface area contributed by atoms with Gasteiger partial charge in [0.15, 0.2) is 0 Å². The van der Waals surface area contributed by atoms with Crippen molar-refractivity contribution in [1.82, 2.24) is 0 Å². The predicted octanol–water partition coefficient (Wildman–Crippen LogP) is 1.52. The summed E-state index contributed by atoms with van der Waals surface area (Å²) in [4.78, 5) is 0. The third-order valence-electron chi connectivity index (χ3n) is 1.06. The van der Waals surface area contributed by atoms with Gasteiger partial charge in [0.05, 0.1) is 0 Å². The van der Waals surface area contributed by atoms with E-state index in [0.29, 0.717) is 0 Å². The molecule has 0 saturated heterocycles. The van der Waals surface area contributed by atoms with Crippen molar-refractivity contribution in [3.63, 3.8) is 0 Å². The molecule has 0 aliphatic heterocycles. The SMILES string of the molecule is CC[Si](C)(C)C.O. The largest absolute Gasteiger partial charge is 0.412 e. The Morgan fingerprint density at radius 1 is 1.14 bits per heavy atom. The van der Waals surface area contributed by atoms with Crippen molar-refractivity contribution in [3.8, 4) is 0 Å². The van der Waals surface area contributed by atoms with Gasteiger partial charge in [0, 0.05) is 8.07 Å². The Morgan fingerprint density at radius 2 is 1.29 bits per heavy atom. The Hall–Kier alpha value is 0.177. The molecule has 1 nitrogen and oxygen atoms in total. The van der Waals surface area contributed by atoms with Crippen LogP contribution in [0.1, 0.15) is 6.92 Å². The molecule has 0 amide bonds. The maximum atomic E-state index is 2.38. The van der Waals surface area contributed by atoms with Crippen molar-refractivity contribution in [1.29, 1.82) is 0 Å². The molecule has 2 heteroatoms. The second-order valence-corrected chi connectivity index (χ2v) is 8.74. The zero-order valence-electron chi connectivity index (χ0n) is 5.71. The van der Waals surface area contributed by atoms with Crippen LogP contribution >= 0.6 is 0 Å². The molecular formula is C5H16OSi. The molecule has 0 unspecified atom stereocenters. The first kappa shape index (κ1) is 10.2. The van der Waals surface area contributed by atoms with Crippen LogP contribution in [-0.2, 0) is 0 Å². The highest BCUT2D eigenvalue weighted by molar-refractivity contribution is 6.75. The standard InChI is InChI=1S/C5H14Si.H2O/c1-5-6(2,3)4;/h5H2,1-4H3;1H2. The lowest BCUT2D eigenvalue weighted by atomic mass is 11.0. The van der Waals surface area contributed by atoms with Gasteiger partial charge >= 0.3 is 0 Å². The molecule has 0 bridgehead atoms. The minimum atomic E-state index is -0.631. The van der Waals surface area contributed by atoms with Gasteiger partial charge in [0.25, 0.3) is 0 Å². The Morgan fingerprint density at radius 3 is 1.29 bits per heavy atom. The van der Waals surface area contributed by atoms with Gasteiger partial charge in [-0.25, -0.2) is 0 Å². The molecule has 0 spiro atoms. The zero-order valence-corrected chi connectivity index (χ0v) is 6.71. The average molecular weight is 120 g/mol. The first-order valence-electron chi connectivity index (χ1n) is 2.56. The van der Waals surface area contributed by atoms with Crippen LogP contribution in [0.5, 0.6) is 0 Å². The molecule has 0 aliphatic rings. The summed E-state index contributed by atoms with van der Waals surface area (Å²) in [5.41, 5.74) is 0. The van der Waals surface area contributed by atoms with E-state index in [1.54, 1.807) is 0 Å². The van der Waals surface area contributed by atoms with Crippen LogP contribution in [-0.4, -0.2) is 13.6 Å². The molecule has 0 saturated carbocycles. The van der Waals surface area contributed by atoms with Gasteiger partial charge in [0.1, 0.15) is 0 Å². The molecule has 0 heterocycles. The van der Waals surface area contributed by atoms with Crippen LogP contribution in [0.2, 0.25) is 25.7 Å². The predicted molar refractivity (Wildman–Crippen MR) is 37.4 cm³/mol. The second-order valence-electron chi connectivity index (χ2n) is 2.91. The van der Waals surface area contributed by atoms with Gasteiger partial charge < -0.3 is 5.48 Å². The molecule has 0 radical (unpaired) electrons. The van der Waals surface area contributed by atoms with E-state index in [9.17, 15) is 0 Å². The van der Waals surface area contributed by atoms with Crippen molar-refractivity contribution in [3.05, 3.63) is 0 Å². The molecule has 0 aromatic carbocycles. The van der Waals surface area contributed by atoms with Crippen LogP contribution in [0.3, 0.4) is 0 Å². The maximum absolute atomic E-state index is 2.38. The van der Waals surface area contributed by atoms with E-state index in [4.69, 9.17) is 0 Å². The average Bonchev–Trinajstić information content (AvgIpc) is 1.35. The summed E-state index contributed by atoms with van der Waals surface area (Å²) in [5, 5.41) is 0. The molecule has 46 valence electrons. The third kappa shape index (κ3) is 10.7. The minimum absolute atomic E-state index is 0. The van der Waals surface area contributed by atoms with E-state index < -0.39 is 8.07 Å². The van der Waals surface area contributed by atoms with Crippen molar-refractivity contribution >= 4 is 8.07 Å². The third-order valence-corrected chi connectivity index (χ3v) is 3.18. The van der Waals surface area contributed by atoms with Crippen LogP contribution in [0, 0.1) is 0 Å². The Bertz CT molecular complexity index is 37.8. The lowest BCUT2D eigenvalue weighted by molar-refractivity contribution is 0.824. The number of hydrogen-bond donors (Lipinski definition) is 0. The summed E-state index contributed by atoms with van der Waals surface area (Å²) in [7, 11) is -0.631. The molecule has 0 fully saturated rings. The monoisotopic (exact) mass is 120 g/mol. The fourth-order valence-corrected chi connectivity index (χ4v) is 0. The van der Waals surface area contributed by atoms with Crippen LogP contribution in [0.15, 0.2) is 0 Å². The Kier molecular flexibility index (Phi) is 4.69. The molecule has 7 heavy (non-hydrogen) atoms. The number of hydrogen-bond acceptors (Lipinski definition) is 0. The summed E-state index contributed by atoms with van der Waals surface area (Å²) < 4.78 is 0. The normalized spacial score (nSPS) is 10.3. The van der Waals surface area contributed by atoms with E-state index in [-0.39, 0.29) is 5.48 Å². The fourth-order valence-electron chi connectivity index (χ4n) is 0. The maximum Gasteiger partial charge on any atom is 0.0439 e.